The number of rotatable bonds is 6. The minimum Gasteiger partial charge on any atom is -0.396 e. The molecule has 0 radical (unpaired) electrons. The van der Waals surface area contributed by atoms with Crippen molar-refractivity contribution in [2.75, 3.05) is 33.1 Å². The van der Waals surface area contributed by atoms with Crippen molar-refractivity contribution < 1.29 is 19.8 Å². The van der Waals surface area contributed by atoms with Crippen LogP contribution in [-0.2, 0) is 4.52 Å². The Bertz CT molecular complexity index is 94.4. The molecule has 0 aliphatic carbocycles. The third kappa shape index (κ3) is 6.98. The van der Waals surface area contributed by atoms with Gasteiger partial charge in [-0.2, -0.15) is 0 Å². The fraction of sp³-hybridized carbons (Fsp3) is 1.00. The van der Waals surface area contributed by atoms with Crippen molar-refractivity contribution in [3.63, 3.8) is 0 Å². The summed E-state index contributed by atoms with van der Waals surface area (Å²) in [5.41, 5.74) is -0.872. The molecule has 13 heavy (non-hydrogen) atoms. The summed E-state index contributed by atoms with van der Waals surface area (Å²) >= 11 is 4.56. The average molecular weight is 251 g/mol. The van der Waals surface area contributed by atoms with Crippen molar-refractivity contribution >= 4 is 28.6 Å². The Hall–Kier alpha value is 0.990. The Balaban J connectivity index is 0. The molecule has 0 saturated heterocycles. The second kappa shape index (κ2) is 11.1. The molecule has 0 rings (SSSR count). The maximum Gasteiger partial charge on any atom is 0.0633 e. The van der Waals surface area contributed by atoms with Crippen LogP contribution in [-0.4, -0.2) is 48.4 Å². The van der Waals surface area contributed by atoms with Gasteiger partial charge < -0.3 is 19.8 Å². The zero-order valence-electron chi connectivity index (χ0n) is 7.53. The number of hydrogen-bond donors (Lipinski definition) is 3. The number of aliphatic hydroxyl groups is 3. The largest absolute Gasteiger partial charge is 0.396 e. The van der Waals surface area contributed by atoms with Gasteiger partial charge in [-0.3, -0.25) is 0 Å². The molecule has 82 valence electrons. The first-order valence-corrected chi connectivity index (χ1v) is 6.73. The second-order valence-electron chi connectivity index (χ2n) is 2.47. The van der Waals surface area contributed by atoms with E-state index >= 15 is 0 Å². The van der Waals surface area contributed by atoms with Crippen LogP contribution < -0.4 is 0 Å². The third-order valence-electron chi connectivity index (χ3n) is 1.53. The van der Waals surface area contributed by atoms with E-state index in [0.717, 1.165) is 0 Å². The lowest BCUT2D eigenvalue weighted by molar-refractivity contribution is -0.0224. The van der Waals surface area contributed by atoms with Gasteiger partial charge in [0, 0.05) is 8.81 Å². The van der Waals surface area contributed by atoms with E-state index in [2.05, 4.69) is 11.2 Å². The normalized spacial score (nSPS) is 11.5. The first kappa shape index (κ1) is 16.4. The highest BCUT2D eigenvalue weighted by molar-refractivity contribution is 7.52. The molecule has 4 nitrogen and oxygen atoms in total. The molecule has 0 aliphatic heterocycles. The van der Waals surface area contributed by atoms with Crippen LogP contribution in [0.2, 0.25) is 0 Å². The van der Waals surface area contributed by atoms with Crippen molar-refractivity contribution in [1.82, 2.24) is 0 Å². The van der Waals surface area contributed by atoms with Crippen LogP contribution in [0.15, 0.2) is 0 Å². The van der Waals surface area contributed by atoms with Crippen LogP contribution in [0.3, 0.4) is 0 Å². The van der Waals surface area contributed by atoms with Crippen molar-refractivity contribution in [2.45, 2.75) is 0 Å². The van der Waals surface area contributed by atoms with Gasteiger partial charge in [0.2, 0.25) is 0 Å². The Kier molecular flexibility index (Phi) is 14.0. The summed E-state index contributed by atoms with van der Waals surface area (Å²) in [6, 6.07) is 0. The third-order valence-corrected chi connectivity index (χ3v) is 1.96. The van der Waals surface area contributed by atoms with Crippen LogP contribution in [0.1, 0.15) is 0 Å². The predicted octanol–water partition coefficient (Wildman–Crippen LogP) is 0.205. The van der Waals surface area contributed by atoms with E-state index in [0.29, 0.717) is 8.81 Å². The molecule has 7 heteroatoms. The molecular weight excluding hydrogens is 233 g/mol. The topological polar surface area (TPSA) is 69.9 Å². The second-order valence-corrected chi connectivity index (χ2v) is 3.16. The number of halogens is 1. The molecule has 0 aliphatic rings. The fourth-order valence-corrected chi connectivity index (χ4v) is 0.963. The molecule has 2 atom stereocenters. The molecule has 0 fully saturated rings. The number of hydrogen-bond acceptors (Lipinski definition) is 4. The van der Waals surface area contributed by atoms with E-state index in [9.17, 15) is 0 Å². The Labute approximate surface area is 87.5 Å². The minimum atomic E-state index is -0.872. The molecule has 0 aromatic heterocycles. The summed E-state index contributed by atoms with van der Waals surface area (Å²) in [5.74, 6) is 0. The Morgan fingerprint density at radius 3 is 1.85 bits per heavy atom. The smallest absolute Gasteiger partial charge is 0.0633 e. The molecule has 0 aromatic rings. The van der Waals surface area contributed by atoms with Crippen LogP contribution >= 0.6 is 28.6 Å². The van der Waals surface area contributed by atoms with Crippen LogP contribution in [0.5, 0.6) is 0 Å². The van der Waals surface area contributed by atoms with Crippen molar-refractivity contribution in [3.05, 3.63) is 0 Å². The van der Waals surface area contributed by atoms with Crippen LogP contribution in [0, 0.1) is 5.41 Å². The van der Waals surface area contributed by atoms with Crippen molar-refractivity contribution in [3.8, 4) is 0 Å². The highest BCUT2D eigenvalue weighted by Crippen LogP contribution is 2.19. The predicted molar refractivity (Wildman–Crippen MR) is 59.4 cm³/mol. The van der Waals surface area contributed by atoms with Gasteiger partial charge in [0.05, 0.1) is 31.8 Å². The van der Waals surface area contributed by atoms with Crippen molar-refractivity contribution in [2.24, 2.45) is 5.41 Å². The van der Waals surface area contributed by atoms with Gasteiger partial charge in [0.25, 0.3) is 0 Å². The maximum absolute atomic E-state index is 8.81. The van der Waals surface area contributed by atoms with Gasteiger partial charge in [-0.05, 0) is 15.3 Å². The maximum atomic E-state index is 8.81. The van der Waals surface area contributed by atoms with Gasteiger partial charge in [-0.25, -0.2) is 0 Å². The van der Waals surface area contributed by atoms with E-state index in [-0.39, 0.29) is 26.4 Å². The molecule has 0 heterocycles. The summed E-state index contributed by atoms with van der Waals surface area (Å²) in [7, 11) is 2.20. The summed E-state index contributed by atoms with van der Waals surface area (Å²) in [5, 5.41) is 26.4. The highest BCUT2D eigenvalue weighted by atomic mass is 35.7. The van der Waals surface area contributed by atoms with E-state index in [1.165, 1.54) is 0 Å². The standard InChI is InChI=1S/C6H15O4P.ClH2P/c1-11-10-5-6(2-7,3-8)4-9;1-2/h7-9,11H,2-5H2,1H3;2H2. The fourth-order valence-electron chi connectivity index (χ4n) is 0.512. The Morgan fingerprint density at radius 1 is 1.23 bits per heavy atom. The molecule has 2 unspecified atom stereocenters. The quantitative estimate of drug-likeness (QED) is 0.589. The molecule has 0 bridgehead atoms. The van der Waals surface area contributed by atoms with Crippen LogP contribution in [0.25, 0.3) is 0 Å². The average Bonchev–Trinajstić information content (AvgIpc) is 2.24. The summed E-state index contributed by atoms with van der Waals surface area (Å²) in [4.78, 5) is 0. The van der Waals surface area contributed by atoms with E-state index in [1.807, 2.05) is 15.3 Å². The van der Waals surface area contributed by atoms with Gasteiger partial charge in [-0.15, -0.1) is 11.2 Å². The monoisotopic (exact) mass is 250 g/mol. The highest BCUT2D eigenvalue weighted by Gasteiger charge is 2.28. The first-order chi connectivity index (χ1) is 6.24. The Morgan fingerprint density at radius 2 is 1.62 bits per heavy atom. The molecular formula is C6H17ClO4P2. The lowest BCUT2D eigenvalue weighted by Gasteiger charge is -2.26. The molecule has 0 saturated carbocycles. The molecule has 0 aromatic carbocycles. The van der Waals surface area contributed by atoms with E-state index in [1.54, 1.807) is 0 Å². The van der Waals surface area contributed by atoms with Gasteiger partial charge in [0.15, 0.2) is 0 Å². The van der Waals surface area contributed by atoms with Crippen molar-refractivity contribution in [1.29, 1.82) is 0 Å². The lowest BCUT2D eigenvalue weighted by atomic mass is 9.93. The molecule has 0 amide bonds. The number of aliphatic hydroxyl groups excluding tert-OH is 3. The first-order valence-electron chi connectivity index (χ1n) is 3.57. The van der Waals surface area contributed by atoms with E-state index < -0.39 is 5.41 Å². The van der Waals surface area contributed by atoms with Gasteiger partial charge >= 0.3 is 0 Å². The summed E-state index contributed by atoms with van der Waals surface area (Å²) < 4.78 is 5.02. The molecule has 0 spiro atoms. The summed E-state index contributed by atoms with van der Waals surface area (Å²) in [6.07, 6.45) is 0. The van der Waals surface area contributed by atoms with Crippen LogP contribution in [0.4, 0.5) is 0 Å². The van der Waals surface area contributed by atoms with Gasteiger partial charge in [-0.1, -0.05) is 0 Å². The van der Waals surface area contributed by atoms with Gasteiger partial charge in [0.1, 0.15) is 0 Å². The minimum absolute atomic E-state index is 0.200. The lowest BCUT2D eigenvalue weighted by Crippen LogP contribution is -2.37. The van der Waals surface area contributed by atoms with E-state index in [4.69, 9.17) is 19.8 Å². The zero-order valence-corrected chi connectivity index (χ0v) is 10.4. The molecule has 3 N–H and O–H groups in total. The zero-order chi connectivity index (χ0) is 10.7. The SMILES string of the molecule is CPOCC(CO)(CO)CO.PCl. The summed E-state index contributed by atoms with van der Waals surface area (Å²) in [6.45, 7) is 1.27.